The van der Waals surface area contributed by atoms with E-state index < -0.39 is 10.0 Å². The lowest BCUT2D eigenvalue weighted by atomic mass is 10.2. The fraction of sp³-hybridized carbons (Fsp3) is 0.562. The number of carbonyl (C=O) groups is 1. The summed E-state index contributed by atoms with van der Waals surface area (Å²) in [7, 11) is -2.18. The van der Waals surface area contributed by atoms with E-state index in [4.69, 9.17) is 4.74 Å². The van der Waals surface area contributed by atoms with Crippen LogP contribution in [0.15, 0.2) is 28.0 Å². The zero-order valence-corrected chi connectivity index (χ0v) is 15.9. The maximum absolute atomic E-state index is 12.7. The lowest BCUT2D eigenvalue weighted by Crippen LogP contribution is -2.35. The van der Waals surface area contributed by atoms with E-state index in [2.05, 4.69) is 4.72 Å². The number of nitrogens with one attached hydrogen (secondary N) is 1. The van der Waals surface area contributed by atoms with E-state index in [-0.39, 0.29) is 23.5 Å². The molecule has 1 atom stereocenters. The highest BCUT2D eigenvalue weighted by molar-refractivity contribution is 7.98. The number of carbonyl (C=O) groups excluding carboxylic acids is 1. The number of likely N-dealkylation sites (tertiary alicyclic amines) is 1. The topological polar surface area (TPSA) is 75.7 Å². The number of hydrogen-bond donors (Lipinski definition) is 1. The Morgan fingerprint density at radius 1 is 1.38 bits per heavy atom. The summed E-state index contributed by atoms with van der Waals surface area (Å²) in [5.74, 6) is -0.0983. The first kappa shape index (κ1) is 19.2. The van der Waals surface area contributed by atoms with Crippen LogP contribution in [-0.2, 0) is 14.8 Å². The third kappa shape index (κ3) is 4.50. The largest absolute Gasteiger partial charge is 0.383 e. The molecule has 1 amide bonds. The molecule has 24 heavy (non-hydrogen) atoms. The first-order chi connectivity index (χ1) is 11.4. The van der Waals surface area contributed by atoms with Crippen molar-refractivity contribution < 1.29 is 17.9 Å². The number of rotatable bonds is 7. The summed E-state index contributed by atoms with van der Waals surface area (Å²) in [4.78, 5) is 15.4. The molecule has 1 aromatic rings. The molecule has 134 valence electrons. The molecule has 1 aliphatic heterocycles. The minimum atomic E-state index is -3.70. The van der Waals surface area contributed by atoms with Crippen LogP contribution in [0.3, 0.4) is 0 Å². The molecule has 0 unspecified atom stereocenters. The first-order valence-corrected chi connectivity index (χ1v) is 10.6. The molecule has 0 spiro atoms. The van der Waals surface area contributed by atoms with E-state index in [1.165, 1.54) is 31.0 Å². The van der Waals surface area contributed by atoms with Crippen molar-refractivity contribution in [3.8, 4) is 0 Å². The van der Waals surface area contributed by atoms with Gasteiger partial charge in [-0.2, -0.15) is 0 Å². The Bertz CT molecular complexity index is 685. The summed E-state index contributed by atoms with van der Waals surface area (Å²) in [5.41, 5.74) is 0.451. The van der Waals surface area contributed by atoms with Crippen molar-refractivity contribution in [3.63, 3.8) is 0 Å². The predicted molar refractivity (Wildman–Crippen MR) is 95.0 cm³/mol. The van der Waals surface area contributed by atoms with Gasteiger partial charge in [0.25, 0.3) is 5.91 Å². The molecule has 0 saturated carbocycles. The Labute approximate surface area is 148 Å². The smallest absolute Gasteiger partial charge is 0.255 e. The van der Waals surface area contributed by atoms with Gasteiger partial charge in [-0.1, -0.05) is 0 Å². The molecule has 1 saturated heterocycles. The zero-order valence-electron chi connectivity index (χ0n) is 14.2. The fourth-order valence-electron chi connectivity index (χ4n) is 2.73. The number of nitrogens with zero attached hydrogens (tertiary/aromatic N) is 1. The molecule has 1 aromatic carbocycles. The second-order valence-corrected chi connectivity index (χ2v) is 8.40. The summed E-state index contributed by atoms with van der Waals surface area (Å²) < 4.78 is 32.6. The van der Waals surface area contributed by atoms with Crippen LogP contribution in [0.5, 0.6) is 0 Å². The number of hydrogen-bond acceptors (Lipinski definition) is 5. The van der Waals surface area contributed by atoms with Crippen molar-refractivity contribution in [2.75, 3.05) is 33.1 Å². The molecule has 0 bridgehead atoms. The average Bonchev–Trinajstić information content (AvgIpc) is 3.07. The highest BCUT2D eigenvalue weighted by atomic mass is 32.2. The van der Waals surface area contributed by atoms with Gasteiger partial charge in [-0.25, -0.2) is 13.1 Å². The maximum Gasteiger partial charge on any atom is 0.255 e. The third-order valence-electron chi connectivity index (χ3n) is 3.88. The van der Waals surface area contributed by atoms with Crippen molar-refractivity contribution in [2.24, 2.45) is 0 Å². The molecule has 1 N–H and O–H groups in total. The van der Waals surface area contributed by atoms with E-state index in [1.807, 2.05) is 6.26 Å². The van der Waals surface area contributed by atoms with Gasteiger partial charge in [0.2, 0.25) is 10.0 Å². The first-order valence-electron chi connectivity index (χ1n) is 7.87. The molecule has 1 fully saturated rings. The molecule has 6 nitrogen and oxygen atoms in total. The second-order valence-electron chi connectivity index (χ2n) is 5.84. The van der Waals surface area contributed by atoms with Crippen LogP contribution >= 0.6 is 11.8 Å². The van der Waals surface area contributed by atoms with Crippen LogP contribution in [0.1, 0.15) is 30.1 Å². The third-order valence-corrected chi connectivity index (χ3v) is 6.26. The summed E-state index contributed by atoms with van der Waals surface area (Å²) in [5, 5.41) is 0. The lowest BCUT2D eigenvalue weighted by molar-refractivity contribution is 0.0789. The van der Waals surface area contributed by atoms with Gasteiger partial charge in [-0.15, -0.1) is 11.8 Å². The van der Waals surface area contributed by atoms with Crippen LogP contribution < -0.4 is 4.72 Å². The number of thioether (sulfide) groups is 1. The monoisotopic (exact) mass is 372 g/mol. The Morgan fingerprint density at radius 2 is 2.04 bits per heavy atom. The summed E-state index contributed by atoms with van der Waals surface area (Å²) in [6, 6.07) is 4.37. The number of methoxy groups -OCH3 is 1. The molecule has 1 aliphatic rings. The molecule has 2 rings (SSSR count). The summed E-state index contributed by atoms with van der Waals surface area (Å²) >= 11 is 1.44. The molecular formula is C16H24N2O4S2. The molecule has 8 heteroatoms. The van der Waals surface area contributed by atoms with E-state index >= 15 is 0 Å². The second kappa shape index (κ2) is 8.33. The van der Waals surface area contributed by atoms with Crippen LogP contribution in [0.25, 0.3) is 0 Å². The minimum absolute atomic E-state index is 0.0983. The quantitative estimate of drug-likeness (QED) is 0.741. The number of sulfonamides is 1. The molecule has 1 heterocycles. The molecular weight excluding hydrogens is 348 g/mol. The summed E-state index contributed by atoms with van der Waals surface area (Å²) in [6.07, 6.45) is 3.87. The van der Waals surface area contributed by atoms with Gasteiger partial charge in [0.05, 0.1) is 17.1 Å². The Balaban J connectivity index is 2.32. The van der Waals surface area contributed by atoms with Crippen molar-refractivity contribution in [3.05, 3.63) is 23.8 Å². The number of benzene rings is 1. The highest BCUT2D eigenvalue weighted by Crippen LogP contribution is 2.26. The van der Waals surface area contributed by atoms with Gasteiger partial charge in [0, 0.05) is 31.1 Å². The highest BCUT2D eigenvalue weighted by Gasteiger charge is 2.25. The lowest BCUT2D eigenvalue weighted by Gasteiger charge is -2.18. The Hall–Kier alpha value is -1.09. The van der Waals surface area contributed by atoms with Gasteiger partial charge >= 0.3 is 0 Å². The van der Waals surface area contributed by atoms with E-state index in [1.54, 1.807) is 17.9 Å². The number of ether oxygens (including phenoxy) is 1. The fourth-order valence-corrected chi connectivity index (χ4v) is 4.55. The van der Waals surface area contributed by atoms with Gasteiger partial charge in [0.15, 0.2) is 0 Å². The van der Waals surface area contributed by atoms with Crippen LogP contribution in [0.4, 0.5) is 0 Å². The minimum Gasteiger partial charge on any atom is -0.383 e. The normalized spacial score (nSPS) is 16.4. The van der Waals surface area contributed by atoms with Crippen molar-refractivity contribution in [1.82, 2.24) is 9.62 Å². The average molecular weight is 373 g/mol. The molecule has 0 aromatic heterocycles. The zero-order chi connectivity index (χ0) is 17.7. The Morgan fingerprint density at radius 3 is 2.62 bits per heavy atom. The SMILES string of the molecule is COC[C@@H](C)NS(=O)(=O)c1ccc(SC)c(C(=O)N2CCCC2)c1. The summed E-state index contributed by atoms with van der Waals surface area (Å²) in [6.45, 7) is 3.47. The maximum atomic E-state index is 12.7. The van der Waals surface area contributed by atoms with Gasteiger partial charge in [-0.05, 0) is 44.2 Å². The van der Waals surface area contributed by atoms with Gasteiger partial charge in [-0.3, -0.25) is 4.79 Å². The van der Waals surface area contributed by atoms with Crippen molar-refractivity contribution in [2.45, 2.75) is 35.6 Å². The van der Waals surface area contributed by atoms with Gasteiger partial charge in [0.1, 0.15) is 0 Å². The molecule has 0 radical (unpaired) electrons. The van der Waals surface area contributed by atoms with Crippen LogP contribution in [0.2, 0.25) is 0 Å². The van der Waals surface area contributed by atoms with E-state index in [9.17, 15) is 13.2 Å². The van der Waals surface area contributed by atoms with Crippen LogP contribution in [-0.4, -0.2) is 58.3 Å². The van der Waals surface area contributed by atoms with E-state index in [0.29, 0.717) is 5.56 Å². The van der Waals surface area contributed by atoms with Crippen molar-refractivity contribution in [1.29, 1.82) is 0 Å². The van der Waals surface area contributed by atoms with E-state index in [0.717, 1.165) is 30.8 Å². The van der Waals surface area contributed by atoms with Crippen molar-refractivity contribution >= 4 is 27.7 Å². The Kier molecular flexibility index (Phi) is 6.68. The predicted octanol–water partition coefficient (Wildman–Crippen LogP) is 1.96. The molecule has 0 aliphatic carbocycles. The van der Waals surface area contributed by atoms with Crippen LogP contribution in [0, 0.1) is 0 Å². The standard InChI is InChI=1S/C16H24N2O4S2/c1-12(11-22-2)17-24(20,21)13-6-7-15(23-3)14(10-13)16(19)18-8-4-5-9-18/h6-7,10,12,17H,4-5,8-9,11H2,1-3H3/t12-/m1/s1. The number of amides is 1. The van der Waals surface area contributed by atoms with Gasteiger partial charge < -0.3 is 9.64 Å².